The lowest BCUT2D eigenvalue weighted by molar-refractivity contribution is -0.113. The number of hydrogen-bond acceptors (Lipinski definition) is 6. The van der Waals surface area contributed by atoms with Crippen LogP contribution in [0.2, 0.25) is 0 Å². The van der Waals surface area contributed by atoms with Gasteiger partial charge >= 0.3 is 0 Å². The number of Topliss-reactive ketones (excluding diaryl/α,β-unsaturated/α-hetero) is 1. The maximum absolute atomic E-state index is 12.6. The second kappa shape index (κ2) is 5.48. The summed E-state index contributed by atoms with van der Waals surface area (Å²) in [7, 11) is 0. The van der Waals surface area contributed by atoms with Gasteiger partial charge in [-0.3, -0.25) is 9.48 Å². The molecule has 0 radical (unpaired) electrons. The smallest absolute Gasteiger partial charge is 0.231 e. The van der Waals surface area contributed by atoms with Crippen LogP contribution in [0.15, 0.2) is 52.5 Å². The van der Waals surface area contributed by atoms with Crippen molar-refractivity contribution in [3.63, 3.8) is 0 Å². The topological polar surface area (TPSA) is 91.1 Å². The average Bonchev–Trinajstić information content (AvgIpc) is 3.39. The highest BCUT2D eigenvalue weighted by Gasteiger charge is 2.26. The van der Waals surface area contributed by atoms with Gasteiger partial charge in [0.05, 0.1) is 24.1 Å². The molecular weight excluding hydrogens is 332 g/mol. The summed E-state index contributed by atoms with van der Waals surface area (Å²) in [6, 6.07) is 5.82. The molecule has 1 aromatic carbocycles. The number of oxazole rings is 1. The normalized spacial score (nSPS) is 13.9. The Morgan fingerprint density at radius 3 is 2.96 bits per heavy atom. The van der Waals surface area contributed by atoms with Gasteiger partial charge < -0.3 is 4.42 Å². The van der Waals surface area contributed by atoms with E-state index in [1.807, 2.05) is 36.0 Å². The van der Waals surface area contributed by atoms with Gasteiger partial charge in [-0.25, -0.2) is 14.7 Å². The number of rotatable bonds is 3. The average molecular weight is 346 g/mol. The second-order valence-corrected chi connectivity index (χ2v) is 5.99. The molecule has 8 heteroatoms. The van der Waals surface area contributed by atoms with E-state index < -0.39 is 0 Å². The minimum Gasteiger partial charge on any atom is -0.444 e. The number of aryl methyl sites for hydroxylation is 1. The van der Waals surface area contributed by atoms with Crippen molar-refractivity contribution in [1.29, 1.82) is 0 Å². The highest BCUT2D eigenvalue weighted by Crippen LogP contribution is 2.32. The van der Waals surface area contributed by atoms with E-state index in [0.717, 1.165) is 23.0 Å². The first kappa shape index (κ1) is 14.8. The van der Waals surface area contributed by atoms with Crippen LogP contribution in [0.3, 0.4) is 0 Å². The maximum atomic E-state index is 12.6. The molecular formula is C18H14N6O2. The predicted molar refractivity (Wildman–Crippen MR) is 94.3 cm³/mol. The molecule has 0 amide bonds. The maximum Gasteiger partial charge on any atom is 0.231 e. The number of aliphatic imine (C=N–C) groups is 1. The Morgan fingerprint density at radius 1 is 1.23 bits per heavy atom. The molecule has 0 saturated heterocycles. The van der Waals surface area contributed by atoms with E-state index in [9.17, 15) is 4.79 Å². The fourth-order valence-corrected chi connectivity index (χ4v) is 3.19. The third-order valence-corrected chi connectivity index (χ3v) is 4.47. The van der Waals surface area contributed by atoms with E-state index in [1.165, 1.54) is 6.26 Å². The van der Waals surface area contributed by atoms with Gasteiger partial charge in [0.25, 0.3) is 0 Å². The Balaban J connectivity index is 1.67. The van der Waals surface area contributed by atoms with E-state index >= 15 is 0 Å². The molecule has 1 aliphatic heterocycles. The Labute approximate surface area is 147 Å². The molecule has 5 rings (SSSR count). The van der Waals surface area contributed by atoms with E-state index in [2.05, 4.69) is 20.2 Å². The SMILES string of the molecule is CCn1ncc2ccc(C3=Nc4c(-c5ncco5)cnn4CC3=O)cc21. The van der Waals surface area contributed by atoms with Gasteiger partial charge in [0.2, 0.25) is 11.7 Å². The summed E-state index contributed by atoms with van der Waals surface area (Å²) in [5.41, 5.74) is 2.83. The molecule has 0 spiro atoms. The molecule has 0 bridgehead atoms. The summed E-state index contributed by atoms with van der Waals surface area (Å²) in [6.45, 7) is 2.93. The van der Waals surface area contributed by atoms with Gasteiger partial charge in [-0.1, -0.05) is 12.1 Å². The zero-order valence-corrected chi connectivity index (χ0v) is 14.0. The van der Waals surface area contributed by atoms with Crippen LogP contribution in [-0.4, -0.2) is 36.0 Å². The molecule has 4 heterocycles. The van der Waals surface area contributed by atoms with Gasteiger partial charge in [-0.2, -0.15) is 10.2 Å². The summed E-state index contributed by atoms with van der Waals surface area (Å²) in [4.78, 5) is 21.4. The van der Waals surface area contributed by atoms with Gasteiger partial charge in [0, 0.05) is 17.5 Å². The van der Waals surface area contributed by atoms with Crippen LogP contribution in [0.25, 0.3) is 22.4 Å². The standard InChI is InChI=1S/C18H14N6O2/c1-2-23-14-7-11(3-4-12(14)8-20-23)16-15(25)10-24-17(22-16)13(9-21-24)18-19-5-6-26-18/h3-9H,2,10H2,1H3. The molecule has 1 aliphatic rings. The van der Waals surface area contributed by atoms with Crippen LogP contribution >= 0.6 is 0 Å². The number of benzene rings is 1. The Bertz CT molecular complexity index is 1170. The van der Waals surface area contributed by atoms with Crippen molar-refractivity contribution in [2.45, 2.75) is 20.0 Å². The number of fused-ring (bicyclic) bond motifs is 2. The van der Waals surface area contributed by atoms with Crippen molar-refractivity contribution in [3.8, 4) is 11.5 Å². The van der Waals surface area contributed by atoms with Gasteiger partial charge in [-0.05, 0) is 13.0 Å². The summed E-state index contributed by atoms with van der Waals surface area (Å²) in [5.74, 6) is 0.927. The molecule has 0 saturated carbocycles. The minimum atomic E-state index is -0.0820. The highest BCUT2D eigenvalue weighted by molar-refractivity contribution is 6.47. The molecule has 0 fully saturated rings. The lowest BCUT2D eigenvalue weighted by Gasteiger charge is -2.14. The largest absolute Gasteiger partial charge is 0.444 e. The Morgan fingerprint density at radius 2 is 2.15 bits per heavy atom. The zero-order valence-electron chi connectivity index (χ0n) is 14.0. The summed E-state index contributed by atoms with van der Waals surface area (Å²) >= 11 is 0. The van der Waals surface area contributed by atoms with Crippen LogP contribution in [0.5, 0.6) is 0 Å². The Kier molecular flexibility index (Phi) is 3.11. The van der Waals surface area contributed by atoms with E-state index in [0.29, 0.717) is 23.0 Å². The molecule has 0 N–H and O–H groups in total. The molecule has 26 heavy (non-hydrogen) atoms. The number of carbonyl (C=O) groups is 1. The number of ketones is 1. The molecule has 0 atom stereocenters. The number of hydrogen-bond donors (Lipinski definition) is 0. The molecule has 0 unspecified atom stereocenters. The number of aromatic nitrogens is 5. The summed E-state index contributed by atoms with van der Waals surface area (Å²) in [6.07, 6.45) is 6.51. The van der Waals surface area contributed by atoms with Crippen molar-refractivity contribution in [3.05, 3.63) is 48.6 Å². The number of carbonyl (C=O) groups excluding carboxylic acids is 1. The first-order valence-corrected chi connectivity index (χ1v) is 8.28. The minimum absolute atomic E-state index is 0.0820. The number of nitrogens with zero attached hydrogens (tertiary/aromatic N) is 6. The van der Waals surface area contributed by atoms with Crippen molar-refractivity contribution >= 4 is 28.2 Å². The van der Waals surface area contributed by atoms with E-state index in [-0.39, 0.29) is 12.3 Å². The fourth-order valence-electron chi connectivity index (χ4n) is 3.19. The lowest BCUT2D eigenvalue weighted by atomic mass is 10.0. The van der Waals surface area contributed by atoms with Crippen LogP contribution in [0, 0.1) is 0 Å². The third-order valence-electron chi connectivity index (χ3n) is 4.47. The van der Waals surface area contributed by atoms with E-state index in [1.54, 1.807) is 17.1 Å². The molecule has 0 aliphatic carbocycles. The first-order valence-electron chi connectivity index (χ1n) is 8.28. The van der Waals surface area contributed by atoms with Crippen molar-refractivity contribution in [2.75, 3.05) is 0 Å². The predicted octanol–water partition coefficient (Wildman–Crippen LogP) is 2.61. The van der Waals surface area contributed by atoms with Crippen molar-refractivity contribution in [1.82, 2.24) is 24.5 Å². The third kappa shape index (κ3) is 2.12. The van der Waals surface area contributed by atoms with Crippen LogP contribution < -0.4 is 0 Å². The van der Waals surface area contributed by atoms with Crippen molar-refractivity contribution < 1.29 is 9.21 Å². The molecule has 8 nitrogen and oxygen atoms in total. The van der Waals surface area contributed by atoms with Crippen LogP contribution in [0.1, 0.15) is 12.5 Å². The van der Waals surface area contributed by atoms with Gasteiger partial charge in [0.1, 0.15) is 24.1 Å². The quantitative estimate of drug-likeness (QED) is 0.569. The fraction of sp³-hybridized carbons (Fsp3) is 0.167. The molecule has 128 valence electrons. The van der Waals surface area contributed by atoms with Crippen LogP contribution in [0.4, 0.5) is 5.82 Å². The van der Waals surface area contributed by atoms with Crippen LogP contribution in [-0.2, 0) is 17.9 Å². The highest BCUT2D eigenvalue weighted by atomic mass is 16.3. The van der Waals surface area contributed by atoms with Gasteiger partial charge in [0.15, 0.2) is 5.82 Å². The second-order valence-electron chi connectivity index (χ2n) is 5.99. The monoisotopic (exact) mass is 346 g/mol. The summed E-state index contributed by atoms with van der Waals surface area (Å²) in [5, 5.41) is 9.62. The van der Waals surface area contributed by atoms with Crippen molar-refractivity contribution in [2.24, 2.45) is 4.99 Å². The zero-order chi connectivity index (χ0) is 17.7. The Hall–Kier alpha value is -3.55. The molecule has 3 aromatic heterocycles. The first-order chi connectivity index (χ1) is 12.7. The lowest BCUT2D eigenvalue weighted by Crippen LogP contribution is -2.25. The van der Waals surface area contributed by atoms with E-state index in [4.69, 9.17) is 4.42 Å². The molecule has 4 aromatic rings. The van der Waals surface area contributed by atoms with Gasteiger partial charge in [-0.15, -0.1) is 0 Å². The summed E-state index contributed by atoms with van der Waals surface area (Å²) < 4.78 is 8.83.